The minimum atomic E-state index is -4.14. The Kier molecular flexibility index (Phi) is 6.68. The van der Waals surface area contributed by atoms with Gasteiger partial charge in [0.15, 0.2) is 20.8 Å². The second-order valence-corrected chi connectivity index (χ2v) is 11.9. The first kappa shape index (κ1) is 23.7. The number of sulfone groups is 1. The van der Waals surface area contributed by atoms with Gasteiger partial charge in [-0.1, -0.05) is 0 Å². The summed E-state index contributed by atoms with van der Waals surface area (Å²) in [5.74, 6) is -3.32. The Hall–Kier alpha value is -1.50. The maximum atomic E-state index is 14.6. The lowest BCUT2D eigenvalue weighted by atomic mass is 10.1. The normalized spacial score (nSPS) is 15.4. The number of thiazole rings is 1. The summed E-state index contributed by atoms with van der Waals surface area (Å²) in [6, 6.07) is 4.01. The van der Waals surface area contributed by atoms with Crippen molar-refractivity contribution < 1.29 is 26.0 Å². The van der Waals surface area contributed by atoms with Crippen LogP contribution in [0.3, 0.4) is 0 Å². The molecule has 1 saturated heterocycles. The fraction of sp³-hybridized carbons (Fsp3) is 0.250. The van der Waals surface area contributed by atoms with Crippen LogP contribution in [0.25, 0.3) is 11.3 Å². The fourth-order valence-corrected chi connectivity index (χ4v) is 7.83. The van der Waals surface area contributed by atoms with E-state index in [0.717, 1.165) is 12.1 Å². The van der Waals surface area contributed by atoms with Crippen molar-refractivity contribution in [2.75, 3.05) is 18.0 Å². The summed E-state index contributed by atoms with van der Waals surface area (Å²) >= 11 is 6.99. The van der Waals surface area contributed by atoms with Crippen LogP contribution in [0.2, 0.25) is 0 Å². The molecule has 0 atom stereocenters. The lowest BCUT2D eigenvalue weighted by Gasteiger charge is -2.31. The molecule has 32 heavy (non-hydrogen) atoms. The van der Waals surface area contributed by atoms with E-state index in [4.69, 9.17) is 0 Å². The number of benzene rings is 2. The summed E-state index contributed by atoms with van der Waals surface area (Å²) in [6.07, 6.45) is 0.373. The van der Waals surface area contributed by atoms with Gasteiger partial charge >= 0.3 is 0 Å². The van der Waals surface area contributed by atoms with Gasteiger partial charge in [0, 0.05) is 30.1 Å². The number of hydrogen-bond acceptors (Lipinski definition) is 5. The van der Waals surface area contributed by atoms with Crippen LogP contribution in [-0.4, -0.2) is 31.7 Å². The molecule has 4 rings (SSSR count). The molecule has 0 radical (unpaired) electrons. The van der Waals surface area contributed by atoms with Gasteiger partial charge in [0.2, 0.25) is 0 Å². The molecule has 170 valence electrons. The molecular formula is C20H14Br2F4N2O2S2. The molecular weight excluding hydrogens is 600 g/mol. The van der Waals surface area contributed by atoms with Crippen molar-refractivity contribution in [3.63, 3.8) is 0 Å². The number of hydrogen-bond donors (Lipinski definition) is 0. The molecule has 12 heteroatoms. The van der Waals surface area contributed by atoms with Crippen LogP contribution in [0.15, 0.2) is 43.5 Å². The molecule has 1 aromatic heterocycles. The number of anilines is 1. The molecule has 0 saturated carbocycles. The zero-order valence-electron chi connectivity index (χ0n) is 16.1. The van der Waals surface area contributed by atoms with Crippen molar-refractivity contribution in [2.45, 2.75) is 23.0 Å². The molecule has 0 unspecified atom stereocenters. The second kappa shape index (κ2) is 9.03. The van der Waals surface area contributed by atoms with Crippen LogP contribution in [0, 0.1) is 23.3 Å². The van der Waals surface area contributed by atoms with Crippen LogP contribution in [0.4, 0.5) is 22.7 Å². The molecule has 4 nitrogen and oxygen atoms in total. The molecule has 2 heterocycles. The van der Waals surface area contributed by atoms with Crippen molar-refractivity contribution in [3.8, 4) is 11.3 Å². The highest BCUT2D eigenvalue weighted by molar-refractivity contribution is 9.11. The van der Waals surface area contributed by atoms with Gasteiger partial charge in [0.25, 0.3) is 0 Å². The standard InChI is InChI=1S/C20H14Br2F4N2O2S2/c21-14-8-15(25)17(22)19(18(14)26)32(29,30)13-1-3-28(4-2-13)20-27-16(9-31-20)10-5-11(23)7-12(24)6-10/h5-9,13H,1-4H2. The fourth-order valence-electron chi connectivity index (χ4n) is 3.57. The largest absolute Gasteiger partial charge is 0.348 e. The van der Waals surface area contributed by atoms with Gasteiger partial charge in [-0.05, 0) is 62.9 Å². The molecule has 0 aliphatic carbocycles. The zero-order valence-corrected chi connectivity index (χ0v) is 20.9. The number of nitrogens with zero attached hydrogens (tertiary/aromatic N) is 2. The van der Waals surface area contributed by atoms with E-state index in [1.807, 2.05) is 4.90 Å². The summed E-state index contributed by atoms with van der Waals surface area (Å²) in [7, 11) is -4.14. The van der Waals surface area contributed by atoms with Crippen LogP contribution in [0.5, 0.6) is 0 Å². The molecule has 0 bridgehead atoms. The van der Waals surface area contributed by atoms with Gasteiger partial charge < -0.3 is 4.90 Å². The summed E-state index contributed by atoms with van der Waals surface area (Å²) in [6.45, 7) is 0.647. The maximum absolute atomic E-state index is 14.6. The molecule has 0 spiro atoms. The van der Waals surface area contributed by atoms with Crippen molar-refractivity contribution in [1.82, 2.24) is 4.98 Å². The van der Waals surface area contributed by atoms with Gasteiger partial charge in [-0.15, -0.1) is 11.3 Å². The van der Waals surface area contributed by atoms with Gasteiger partial charge in [-0.3, -0.25) is 0 Å². The van der Waals surface area contributed by atoms with Gasteiger partial charge in [0.05, 0.1) is 19.9 Å². The first-order valence-corrected chi connectivity index (χ1v) is 13.3. The third-order valence-electron chi connectivity index (χ3n) is 5.16. The van der Waals surface area contributed by atoms with E-state index < -0.39 is 47.7 Å². The maximum Gasteiger partial charge on any atom is 0.185 e. The lowest BCUT2D eigenvalue weighted by molar-refractivity contribution is 0.512. The predicted molar refractivity (Wildman–Crippen MR) is 122 cm³/mol. The van der Waals surface area contributed by atoms with E-state index in [-0.39, 0.29) is 17.3 Å². The summed E-state index contributed by atoms with van der Waals surface area (Å²) in [5, 5.41) is 1.36. The summed E-state index contributed by atoms with van der Waals surface area (Å²) in [4.78, 5) is 5.60. The van der Waals surface area contributed by atoms with E-state index in [9.17, 15) is 26.0 Å². The van der Waals surface area contributed by atoms with E-state index in [1.54, 1.807) is 5.38 Å². The predicted octanol–water partition coefficient (Wildman–Crippen LogP) is 6.33. The minimum Gasteiger partial charge on any atom is -0.348 e. The second-order valence-electron chi connectivity index (χ2n) is 7.20. The van der Waals surface area contributed by atoms with E-state index >= 15 is 0 Å². The van der Waals surface area contributed by atoms with Crippen LogP contribution >= 0.6 is 43.2 Å². The van der Waals surface area contributed by atoms with Gasteiger partial charge in [-0.25, -0.2) is 31.0 Å². The van der Waals surface area contributed by atoms with Crippen LogP contribution in [-0.2, 0) is 9.84 Å². The smallest absolute Gasteiger partial charge is 0.185 e. The van der Waals surface area contributed by atoms with Gasteiger partial charge in [0.1, 0.15) is 22.3 Å². The average molecular weight is 614 g/mol. The minimum absolute atomic E-state index is 0.186. The number of rotatable bonds is 4. The van der Waals surface area contributed by atoms with Crippen LogP contribution < -0.4 is 4.90 Å². The van der Waals surface area contributed by atoms with Crippen molar-refractivity contribution in [2.24, 2.45) is 0 Å². The van der Waals surface area contributed by atoms with Crippen molar-refractivity contribution in [3.05, 3.63) is 61.9 Å². The lowest BCUT2D eigenvalue weighted by Crippen LogP contribution is -2.39. The molecule has 1 fully saturated rings. The van der Waals surface area contributed by atoms with E-state index in [1.165, 1.54) is 23.5 Å². The first-order valence-electron chi connectivity index (χ1n) is 9.31. The summed E-state index contributed by atoms with van der Waals surface area (Å²) < 4.78 is 81.0. The molecule has 0 N–H and O–H groups in total. The van der Waals surface area contributed by atoms with Gasteiger partial charge in [-0.2, -0.15) is 0 Å². The van der Waals surface area contributed by atoms with Crippen molar-refractivity contribution >= 4 is 58.2 Å². The molecule has 1 aliphatic rings. The highest BCUT2D eigenvalue weighted by Crippen LogP contribution is 2.38. The van der Waals surface area contributed by atoms with Crippen LogP contribution in [0.1, 0.15) is 12.8 Å². The first-order chi connectivity index (χ1) is 15.1. The third kappa shape index (κ3) is 4.46. The Labute approximate surface area is 202 Å². The Morgan fingerprint density at radius 1 is 1.00 bits per heavy atom. The number of halogens is 6. The van der Waals surface area contributed by atoms with E-state index in [0.29, 0.717) is 29.5 Å². The third-order valence-corrected chi connectivity index (χ3v) is 9.98. The Morgan fingerprint density at radius 3 is 2.25 bits per heavy atom. The SMILES string of the molecule is O=S(=O)(c1c(F)c(Br)cc(F)c1Br)C1CCN(c2nc(-c3cc(F)cc(F)c3)cs2)CC1. The highest BCUT2D eigenvalue weighted by Gasteiger charge is 2.37. The van der Waals surface area contributed by atoms with Crippen molar-refractivity contribution in [1.29, 1.82) is 0 Å². The molecule has 1 aliphatic heterocycles. The molecule has 3 aromatic rings. The van der Waals surface area contributed by atoms with E-state index in [2.05, 4.69) is 36.8 Å². The Balaban J connectivity index is 1.52. The Bertz CT molecular complexity index is 1250. The Morgan fingerprint density at radius 2 is 1.62 bits per heavy atom. The average Bonchev–Trinajstić information content (AvgIpc) is 3.22. The summed E-state index contributed by atoms with van der Waals surface area (Å²) in [5.41, 5.74) is 0.716. The number of piperidine rings is 1. The quantitative estimate of drug-likeness (QED) is 0.255. The molecule has 2 aromatic carbocycles. The zero-order chi connectivity index (χ0) is 23.2. The monoisotopic (exact) mass is 612 g/mol. The number of aromatic nitrogens is 1. The topological polar surface area (TPSA) is 50.3 Å². The molecule has 0 amide bonds. The highest BCUT2D eigenvalue weighted by atomic mass is 79.9.